The van der Waals surface area contributed by atoms with Gasteiger partial charge in [-0.05, 0) is 71.8 Å². The summed E-state index contributed by atoms with van der Waals surface area (Å²) in [6, 6.07) is 30.3. The summed E-state index contributed by atoms with van der Waals surface area (Å²) in [6.07, 6.45) is 9.25. The van der Waals surface area contributed by atoms with Gasteiger partial charge in [-0.25, -0.2) is 0 Å². The van der Waals surface area contributed by atoms with Crippen LogP contribution < -0.4 is 5.32 Å². The zero-order valence-corrected chi connectivity index (χ0v) is 21.6. The highest BCUT2D eigenvalue weighted by Gasteiger charge is 2.27. The van der Waals surface area contributed by atoms with Crippen LogP contribution in [0.4, 0.5) is 0 Å². The van der Waals surface area contributed by atoms with Gasteiger partial charge in [0.2, 0.25) is 0 Å². The van der Waals surface area contributed by atoms with E-state index in [-0.39, 0.29) is 0 Å². The third-order valence-corrected chi connectivity index (χ3v) is 7.41. The van der Waals surface area contributed by atoms with Crippen LogP contribution in [0.15, 0.2) is 104 Å². The quantitative estimate of drug-likeness (QED) is 0.255. The molecule has 190 valence electrons. The minimum atomic E-state index is 0.297. The van der Waals surface area contributed by atoms with E-state index >= 15 is 0 Å². The van der Waals surface area contributed by atoms with Crippen LogP contribution in [0.5, 0.6) is 0 Å². The van der Waals surface area contributed by atoms with Crippen LogP contribution in [0, 0.1) is 0 Å². The summed E-state index contributed by atoms with van der Waals surface area (Å²) in [7, 11) is 0. The maximum absolute atomic E-state index is 4.86. The van der Waals surface area contributed by atoms with Crippen molar-refractivity contribution < 1.29 is 0 Å². The number of nitrogens with zero attached hydrogens (tertiary/aromatic N) is 4. The molecule has 1 aliphatic rings. The third-order valence-electron chi connectivity index (χ3n) is 7.41. The zero-order valence-electron chi connectivity index (χ0n) is 21.6. The van der Waals surface area contributed by atoms with Crippen LogP contribution in [0.1, 0.15) is 52.5 Å². The summed E-state index contributed by atoms with van der Waals surface area (Å²) in [5.74, 6) is 0. The molecular formula is C33H33N5. The van der Waals surface area contributed by atoms with Gasteiger partial charge in [0.1, 0.15) is 0 Å². The molecule has 0 fully saturated rings. The maximum atomic E-state index is 4.86. The molecule has 3 aromatic heterocycles. The number of aryl methyl sites for hydroxylation is 1. The predicted octanol–water partition coefficient (Wildman–Crippen LogP) is 6.39. The number of pyridine rings is 3. The molecule has 5 aromatic rings. The Hall–Kier alpha value is -3.93. The Morgan fingerprint density at radius 2 is 1.55 bits per heavy atom. The molecule has 5 heteroatoms. The lowest BCUT2D eigenvalue weighted by Crippen LogP contribution is -2.31. The Balaban J connectivity index is 1.20. The summed E-state index contributed by atoms with van der Waals surface area (Å²) in [4.78, 5) is 16.6. The van der Waals surface area contributed by atoms with Crippen LogP contribution in [-0.4, -0.2) is 19.9 Å². The molecule has 2 aromatic carbocycles. The average molecular weight is 500 g/mol. The fraction of sp³-hybridized carbons (Fsp3) is 0.242. The van der Waals surface area contributed by atoms with E-state index in [4.69, 9.17) is 9.97 Å². The minimum Gasteiger partial charge on any atom is -0.307 e. The van der Waals surface area contributed by atoms with E-state index in [2.05, 4.69) is 75.9 Å². The van der Waals surface area contributed by atoms with Crippen LogP contribution in [0.2, 0.25) is 0 Å². The first-order valence-corrected chi connectivity index (χ1v) is 13.5. The largest absolute Gasteiger partial charge is 0.307 e. The topological polar surface area (TPSA) is 53.9 Å². The molecule has 0 aliphatic heterocycles. The first-order valence-electron chi connectivity index (χ1n) is 13.5. The smallest absolute Gasteiger partial charge is 0.0702 e. The van der Waals surface area contributed by atoms with Gasteiger partial charge in [-0.3, -0.25) is 19.9 Å². The van der Waals surface area contributed by atoms with Crippen molar-refractivity contribution in [3.63, 3.8) is 0 Å². The van der Waals surface area contributed by atoms with Gasteiger partial charge in [-0.1, -0.05) is 54.6 Å². The van der Waals surface area contributed by atoms with Gasteiger partial charge in [0.15, 0.2) is 0 Å². The Bertz CT molecular complexity index is 1480. The minimum absolute atomic E-state index is 0.297. The summed E-state index contributed by atoms with van der Waals surface area (Å²) < 4.78 is 0. The molecule has 1 aliphatic carbocycles. The Morgan fingerprint density at radius 3 is 2.45 bits per heavy atom. The van der Waals surface area contributed by atoms with Crippen molar-refractivity contribution >= 4 is 10.9 Å². The van der Waals surface area contributed by atoms with Crippen LogP contribution in [-0.2, 0) is 32.6 Å². The Kier molecular flexibility index (Phi) is 7.47. The van der Waals surface area contributed by atoms with Gasteiger partial charge in [-0.15, -0.1) is 0 Å². The second kappa shape index (κ2) is 11.6. The van der Waals surface area contributed by atoms with Crippen molar-refractivity contribution in [3.05, 3.63) is 137 Å². The standard InChI is InChI=1S/C33H33N5/c1-2-11-31-29(7-1)19-27(21-37-31)24-38(32-12-5-8-28-9-6-18-36-33(28)32)23-26-15-13-25(14-16-26)20-34-22-30-10-3-4-17-35-30/h1-4,6-7,9-11,13-19,21,32,34H,5,8,12,20,22-24H2. The van der Waals surface area contributed by atoms with E-state index in [9.17, 15) is 0 Å². The number of benzene rings is 2. The first kappa shape index (κ1) is 24.4. The average Bonchev–Trinajstić information content (AvgIpc) is 2.98. The van der Waals surface area contributed by atoms with Crippen LogP contribution >= 0.6 is 0 Å². The van der Waals surface area contributed by atoms with Crippen LogP contribution in [0.25, 0.3) is 10.9 Å². The summed E-state index contributed by atoms with van der Waals surface area (Å²) >= 11 is 0. The first-order chi connectivity index (χ1) is 18.8. The molecule has 0 spiro atoms. The fourth-order valence-electron chi connectivity index (χ4n) is 5.49. The lowest BCUT2D eigenvalue weighted by Gasteiger charge is -2.35. The molecule has 1 N–H and O–H groups in total. The third kappa shape index (κ3) is 5.80. The number of rotatable bonds is 9. The molecule has 0 radical (unpaired) electrons. The Labute approximate surface area is 224 Å². The molecular weight excluding hydrogens is 466 g/mol. The van der Waals surface area contributed by atoms with Crippen molar-refractivity contribution in [2.75, 3.05) is 0 Å². The van der Waals surface area contributed by atoms with Crippen molar-refractivity contribution in [2.24, 2.45) is 0 Å². The van der Waals surface area contributed by atoms with Gasteiger partial charge in [0.25, 0.3) is 0 Å². The fourth-order valence-corrected chi connectivity index (χ4v) is 5.49. The van der Waals surface area contributed by atoms with Crippen molar-refractivity contribution in [2.45, 2.75) is 51.5 Å². The van der Waals surface area contributed by atoms with E-state index in [0.29, 0.717) is 6.04 Å². The number of fused-ring (bicyclic) bond motifs is 2. The predicted molar refractivity (Wildman–Crippen MR) is 152 cm³/mol. The number of hydrogen-bond donors (Lipinski definition) is 1. The van der Waals surface area contributed by atoms with E-state index < -0.39 is 0 Å². The highest BCUT2D eigenvalue weighted by Crippen LogP contribution is 2.35. The number of aromatic nitrogens is 3. The van der Waals surface area contributed by atoms with Crippen molar-refractivity contribution in [3.8, 4) is 0 Å². The number of para-hydroxylation sites is 1. The van der Waals surface area contributed by atoms with Gasteiger partial charge >= 0.3 is 0 Å². The van der Waals surface area contributed by atoms with Gasteiger partial charge < -0.3 is 5.32 Å². The highest BCUT2D eigenvalue weighted by atomic mass is 15.2. The second-order valence-corrected chi connectivity index (χ2v) is 10.1. The molecule has 38 heavy (non-hydrogen) atoms. The van der Waals surface area contributed by atoms with Crippen LogP contribution in [0.3, 0.4) is 0 Å². The molecule has 5 nitrogen and oxygen atoms in total. The normalized spacial score (nSPS) is 15.0. The van der Waals surface area contributed by atoms with E-state index in [1.165, 1.54) is 39.8 Å². The highest BCUT2D eigenvalue weighted by molar-refractivity contribution is 5.78. The molecule has 3 heterocycles. The van der Waals surface area contributed by atoms with Gasteiger partial charge in [0, 0.05) is 50.2 Å². The molecule has 1 atom stereocenters. The maximum Gasteiger partial charge on any atom is 0.0702 e. The van der Waals surface area contributed by atoms with E-state index in [1.807, 2.05) is 42.9 Å². The molecule has 0 saturated heterocycles. The zero-order chi connectivity index (χ0) is 25.6. The van der Waals surface area contributed by atoms with E-state index in [0.717, 1.165) is 50.2 Å². The van der Waals surface area contributed by atoms with E-state index in [1.54, 1.807) is 0 Å². The Morgan fingerprint density at radius 1 is 0.737 bits per heavy atom. The SMILES string of the molecule is c1ccc(CNCc2ccc(CN(Cc3cnc4ccccc4c3)C3CCCc4cccnc43)cc2)nc1. The lowest BCUT2D eigenvalue weighted by molar-refractivity contribution is 0.157. The number of hydrogen-bond acceptors (Lipinski definition) is 5. The summed E-state index contributed by atoms with van der Waals surface area (Å²) in [6.45, 7) is 3.30. The molecule has 0 amide bonds. The molecule has 0 saturated carbocycles. The lowest BCUT2D eigenvalue weighted by atomic mass is 9.90. The number of nitrogens with one attached hydrogen (secondary N) is 1. The van der Waals surface area contributed by atoms with Gasteiger partial charge in [0.05, 0.1) is 22.9 Å². The molecule has 6 rings (SSSR count). The summed E-state index contributed by atoms with van der Waals surface area (Å²) in [5.41, 5.74) is 8.56. The summed E-state index contributed by atoms with van der Waals surface area (Å²) in [5, 5.41) is 4.69. The van der Waals surface area contributed by atoms with Crippen molar-refractivity contribution in [1.82, 2.24) is 25.2 Å². The molecule has 0 bridgehead atoms. The monoisotopic (exact) mass is 499 g/mol. The van der Waals surface area contributed by atoms with Crippen molar-refractivity contribution in [1.29, 1.82) is 0 Å². The second-order valence-electron chi connectivity index (χ2n) is 10.1. The van der Waals surface area contributed by atoms with Gasteiger partial charge in [-0.2, -0.15) is 0 Å². The molecule has 1 unspecified atom stereocenters.